The van der Waals surface area contributed by atoms with Gasteiger partial charge in [0.15, 0.2) is 0 Å². The van der Waals surface area contributed by atoms with E-state index < -0.39 is 0 Å². The van der Waals surface area contributed by atoms with Gasteiger partial charge >= 0.3 is 0 Å². The number of alkyl halides is 1. The average Bonchev–Trinajstić information content (AvgIpc) is 2.50. The lowest BCUT2D eigenvalue weighted by molar-refractivity contribution is 0.107. The normalized spacial score (nSPS) is 12.3. The van der Waals surface area contributed by atoms with Crippen LogP contribution in [-0.4, -0.2) is 12.6 Å². The third-order valence-corrected chi connectivity index (χ3v) is 4.40. The van der Waals surface area contributed by atoms with Gasteiger partial charge in [-0.05, 0) is 35.2 Å². The molecule has 112 valence electrons. The Kier molecular flexibility index (Phi) is 6.90. The third-order valence-electron chi connectivity index (χ3n) is 3.26. The summed E-state index contributed by atoms with van der Waals surface area (Å²) in [7, 11) is 0. The van der Waals surface area contributed by atoms with Gasteiger partial charge < -0.3 is 10.5 Å². The zero-order chi connectivity index (χ0) is 15.1. The zero-order valence-corrected chi connectivity index (χ0v) is 14.9. The standard InChI is InChI=1S/C17H19Br2NO/c18-10-14-3-1-2-4-15(14)11-21-12-17(20)9-13-5-7-16(19)8-6-13/h1-8,17H,9-12,20H2. The molecular formula is C17H19Br2NO. The third kappa shape index (κ3) is 5.55. The summed E-state index contributed by atoms with van der Waals surface area (Å²) in [6.45, 7) is 1.17. The van der Waals surface area contributed by atoms with E-state index in [9.17, 15) is 0 Å². The molecule has 2 rings (SSSR count). The van der Waals surface area contributed by atoms with Crippen LogP contribution < -0.4 is 5.73 Å². The first-order valence-corrected chi connectivity index (χ1v) is 8.81. The van der Waals surface area contributed by atoms with E-state index in [0.29, 0.717) is 13.2 Å². The van der Waals surface area contributed by atoms with E-state index in [1.807, 2.05) is 24.3 Å². The maximum atomic E-state index is 6.13. The highest BCUT2D eigenvalue weighted by Crippen LogP contribution is 2.14. The van der Waals surface area contributed by atoms with Crippen LogP contribution in [0.3, 0.4) is 0 Å². The Balaban J connectivity index is 1.79. The second-order valence-electron chi connectivity index (χ2n) is 5.01. The SMILES string of the molecule is NC(COCc1ccccc1CBr)Cc1ccc(Br)cc1. The van der Waals surface area contributed by atoms with E-state index in [-0.39, 0.29) is 6.04 Å². The van der Waals surface area contributed by atoms with Crippen LogP contribution in [0.25, 0.3) is 0 Å². The summed E-state index contributed by atoms with van der Waals surface area (Å²) in [5.41, 5.74) is 9.84. The molecule has 0 radical (unpaired) electrons. The van der Waals surface area contributed by atoms with Crippen molar-refractivity contribution in [1.29, 1.82) is 0 Å². The minimum atomic E-state index is 0.0160. The first-order chi connectivity index (χ1) is 10.2. The van der Waals surface area contributed by atoms with Gasteiger partial charge in [0.2, 0.25) is 0 Å². The quantitative estimate of drug-likeness (QED) is 0.682. The van der Waals surface area contributed by atoms with Gasteiger partial charge in [0.25, 0.3) is 0 Å². The summed E-state index contributed by atoms with van der Waals surface area (Å²) in [4.78, 5) is 0. The second kappa shape index (κ2) is 8.69. The number of hydrogen-bond acceptors (Lipinski definition) is 2. The highest BCUT2D eigenvalue weighted by molar-refractivity contribution is 9.10. The van der Waals surface area contributed by atoms with Crippen LogP contribution in [0.2, 0.25) is 0 Å². The van der Waals surface area contributed by atoms with Crippen LogP contribution in [0.4, 0.5) is 0 Å². The van der Waals surface area contributed by atoms with Gasteiger partial charge in [0, 0.05) is 15.8 Å². The molecule has 21 heavy (non-hydrogen) atoms. The van der Waals surface area contributed by atoms with E-state index in [1.54, 1.807) is 0 Å². The Morgan fingerprint density at radius 1 is 1.00 bits per heavy atom. The Morgan fingerprint density at radius 3 is 2.33 bits per heavy atom. The Morgan fingerprint density at radius 2 is 1.67 bits per heavy atom. The van der Waals surface area contributed by atoms with Crippen molar-refractivity contribution in [2.24, 2.45) is 5.73 Å². The number of benzene rings is 2. The summed E-state index contributed by atoms with van der Waals surface area (Å²) >= 11 is 6.93. The van der Waals surface area contributed by atoms with Crippen molar-refractivity contribution in [2.45, 2.75) is 24.4 Å². The maximum Gasteiger partial charge on any atom is 0.0720 e. The predicted octanol–water partition coefficient (Wildman–Crippen LogP) is 4.43. The van der Waals surface area contributed by atoms with Crippen molar-refractivity contribution in [2.75, 3.05) is 6.61 Å². The van der Waals surface area contributed by atoms with E-state index in [0.717, 1.165) is 16.2 Å². The second-order valence-corrected chi connectivity index (χ2v) is 6.48. The number of hydrogen-bond donors (Lipinski definition) is 1. The van der Waals surface area contributed by atoms with Crippen molar-refractivity contribution in [3.05, 3.63) is 69.7 Å². The fourth-order valence-corrected chi connectivity index (χ4v) is 2.94. The summed E-state index contributed by atoms with van der Waals surface area (Å²) < 4.78 is 6.85. The molecule has 0 aromatic heterocycles. The summed E-state index contributed by atoms with van der Waals surface area (Å²) in [5.74, 6) is 0. The van der Waals surface area contributed by atoms with Crippen LogP contribution in [0.15, 0.2) is 53.0 Å². The summed E-state index contributed by atoms with van der Waals surface area (Å²) in [6, 6.07) is 16.5. The first kappa shape index (κ1) is 16.7. The minimum Gasteiger partial charge on any atom is -0.375 e. The van der Waals surface area contributed by atoms with Crippen LogP contribution >= 0.6 is 31.9 Å². The summed E-state index contributed by atoms with van der Waals surface area (Å²) in [5, 5.41) is 0.845. The molecule has 1 atom stereocenters. The van der Waals surface area contributed by atoms with Gasteiger partial charge in [0.1, 0.15) is 0 Å². The molecule has 0 aliphatic carbocycles. The lowest BCUT2D eigenvalue weighted by Crippen LogP contribution is -2.28. The maximum absolute atomic E-state index is 6.13. The fraction of sp³-hybridized carbons (Fsp3) is 0.294. The zero-order valence-electron chi connectivity index (χ0n) is 11.8. The molecule has 0 aliphatic heterocycles. The molecule has 0 amide bonds. The molecule has 0 bridgehead atoms. The predicted molar refractivity (Wildman–Crippen MR) is 94.6 cm³/mol. The lowest BCUT2D eigenvalue weighted by atomic mass is 10.1. The van der Waals surface area contributed by atoms with E-state index in [4.69, 9.17) is 10.5 Å². The largest absolute Gasteiger partial charge is 0.375 e. The monoisotopic (exact) mass is 411 g/mol. The molecule has 1 unspecified atom stereocenters. The first-order valence-electron chi connectivity index (χ1n) is 6.89. The van der Waals surface area contributed by atoms with Crippen molar-refractivity contribution >= 4 is 31.9 Å². The van der Waals surface area contributed by atoms with Crippen molar-refractivity contribution < 1.29 is 4.74 Å². The van der Waals surface area contributed by atoms with Gasteiger partial charge in [-0.15, -0.1) is 0 Å². The van der Waals surface area contributed by atoms with Crippen LogP contribution in [0.5, 0.6) is 0 Å². The van der Waals surface area contributed by atoms with Crippen molar-refractivity contribution in [3.8, 4) is 0 Å². The van der Waals surface area contributed by atoms with Crippen LogP contribution in [0, 0.1) is 0 Å². The molecule has 2 aromatic rings. The van der Waals surface area contributed by atoms with Crippen molar-refractivity contribution in [3.63, 3.8) is 0 Å². The van der Waals surface area contributed by atoms with Gasteiger partial charge in [-0.2, -0.15) is 0 Å². The number of ether oxygens (including phenoxy) is 1. The Labute approximate surface area is 143 Å². The van der Waals surface area contributed by atoms with Gasteiger partial charge in [-0.1, -0.05) is 68.3 Å². The van der Waals surface area contributed by atoms with Gasteiger partial charge in [-0.3, -0.25) is 0 Å². The van der Waals surface area contributed by atoms with Gasteiger partial charge in [-0.25, -0.2) is 0 Å². The minimum absolute atomic E-state index is 0.0160. The average molecular weight is 413 g/mol. The van der Waals surface area contributed by atoms with Gasteiger partial charge in [0.05, 0.1) is 13.2 Å². The van der Waals surface area contributed by atoms with Crippen LogP contribution in [0.1, 0.15) is 16.7 Å². The summed E-state index contributed by atoms with van der Waals surface area (Å²) in [6.07, 6.45) is 0.827. The highest BCUT2D eigenvalue weighted by atomic mass is 79.9. The lowest BCUT2D eigenvalue weighted by Gasteiger charge is -2.13. The van der Waals surface area contributed by atoms with E-state index >= 15 is 0 Å². The molecule has 2 nitrogen and oxygen atoms in total. The Hall–Kier alpha value is -0.680. The number of rotatable bonds is 7. The smallest absolute Gasteiger partial charge is 0.0720 e. The molecule has 0 saturated carbocycles. The molecule has 0 spiro atoms. The van der Waals surface area contributed by atoms with Crippen LogP contribution in [-0.2, 0) is 23.1 Å². The fourth-order valence-electron chi connectivity index (χ4n) is 2.13. The molecule has 2 aromatic carbocycles. The topological polar surface area (TPSA) is 35.2 Å². The highest BCUT2D eigenvalue weighted by Gasteiger charge is 2.06. The molecule has 0 aliphatic rings. The molecule has 2 N–H and O–H groups in total. The molecule has 0 fully saturated rings. The Bertz CT molecular complexity index is 557. The number of halogens is 2. The molecule has 0 saturated heterocycles. The van der Waals surface area contributed by atoms with E-state index in [2.05, 4.69) is 56.1 Å². The molecule has 4 heteroatoms. The molecule has 0 heterocycles. The molecular weight excluding hydrogens is 394 g/mol. The van der Waals surface area contributed by atoms with Crippen molar-refractivity contribution in [1.82, 2.24) is 0 Å². The van der Waals surface area contributed by atoms with E-state index in [1.165, 1.54) is 16.7 Å². The number of nitrogens with two attached hydrogens (primary N) is 1.